The number of halogens is 1. The van der Waals surface area contributed by atoms with Crippen molar-refractivity contribution in [1.82, 2.24) is 5.43 Å². The van der Waals surface area contributed by atoms with Gasteiger partial charge in [-0.25, -0.2) is 5.43 Å². The van der Waals surface area contributed by atoms with Crippen LogP contribution in [-0.2, 0) is 0 Å². The van der Waals surface area contributed by atoms with Crippen molar-refractivity contribution in [2.75, 3.05) is 0 Å². The lowest BCUT2D eigenvalue weighted by atomic mass is 9.74. The quantitative estimate of drug-likeness (QED) is 0.673. The molecule has 2 aliphatic rings. The Morgan fingerprint density at radius 2 is 2.41 bits per heavy atom. The van der Waals surface area contributed by atoms with E-state index in [-0.39, 0.29) is 11.7 Å². The van der Waals surface area contributed by atoms with Gasteiger partial charge in [-0.2, -0.15) is 5.10 Å². The van der Waals surface area contributed by atoms with Crippen LogP contribution in [0.3, 0.4) is 0 Å². The lowest BCUT2D eigenvalue weighted by Gasteiger charge is -2.31. The normalized spacial score (nSPS) is 27.9. The topological polar surface area (TPSA) is 54.6 Å². The molecule has 1 heterocycles. The van der Waals surface area contributed by atoms with Gasteiger partial charge < -0.3 is 4.42 Å². The van der Waals surface area contributed by atoms with Crippen LogP contribution in [0.5, 0.6) is 0 Å². The van der Waals surface area contributed by atoms with E-state index in [1.165, 1.54) is 0 Å². The Labute approximate surface area is 107 Å². The Balaban J connectivity index is 1.61. The molecule has 2 aliphatic carbocycles. The molecule has 1 aromatic rings. The van der Waals surface area contributed by atoms with E-state index in [2.05, 4.69) is 38.6 Å². The molecule has 5 heteroatoms. The van der Waals surface area contributed by atoms with Gasteiger partial charge in [0.25, 0.3) is 0 Å². The van der Waals surface area contributed by atoms with Crippen molar-refractivity contribution in [1.29, 1.82) is 0 Å². The molecule has 1 aromatic heterocycles. The van der Waals surface area contributed by atoms with E-state index in [0.717, 1.165) is 18.6 Å². The average Bonchev–Trinajstić information content (AvgIpc) is 2.86. The number of carbonyl (C=O) groups excluding carboxylic acids is 1. The highest BCUT2D eigenvalue weighted by Crippen LogP contribution is 2.40. The third kappa shape index (κ3) is 1.95. The monoisotopic (exact) mass is 294 g/mol. The maximum absolute atomic E-state index is 11.6. The summed E-state index contributed by atoms with van der Waals surface area (Å²) in [6, 6.07) is 3.29. The summed E-state index contributed by atoms with van der Waals surface area (Å²) in [7, 11) is 0. The second-order valence-electron chi connectivity index (χ2n) is 4.29. The molecule has 1 N–H and O–H groups in total. The van der Waals surface area contributed by atoms with E-state index in [1.54, 1.807) is 12.1 Å². The van der Waals surface area contributed by atoms with Gasteiger partial charge in [0, 0.05) is 11.6 Å². The second-order valence-corrected chi connectivity index (χ2v) is 5.07. The van der Waals surface area contributed by atoms with Gasteiger partial charge >= 0.3 is 5.91 Å². The van der Waals surface area contributed by atoms with Crippen LogP contribution < -0.4 is 5.43 Å². The van der Waals surface area contributed by atoms with E-state index in [1.807, 2.05) is 0 Å². The minimum absolute atomic E-state index is 0.265. The minimum Gasteiger partial charge on any atom is -0.444 e. The highest BCUT2D eigenvalue weighted by molar-refractivity contribution is 9.10. The van der Waals surface area contributed by atoms with Gasteiger partial charge in [0.05, 0.1) is 0 Å². The van der Waals surface area contributed by atoms with Crippen molar-refractivity contribution >= 4 is 27.5 Å². The van der Waals surface area contributed by atoms with E-state index in [9.17, 15) is 4.79 Å². The number of rotatable bonds is 2. The fraction of sp³-hybridized carbons (Fsp3) is 0.333. The Bertz CT molecular complexity index is 518. The number of hydrogen-bond acceptors (Lipinski definition) is 3. The van der Waals surface area contributed by atoms with Crippen LogP contribution in [0.2, 0.25) is 0 Å². The van der Waals surface area contributed by atoms with E-state index in [0.29, 0.717) is 16.5 Å². The lowest BCUT2D eigenvalue weighted by molar-refractivity contribution is 0.0925. The summed E-state index contributed by atoms with van der Waals surface area (Å²) in [5.41, 5.74) is 3.62. The van der Waals surface area contributed by atoms with Crippen LogP contribution in [0.4, 0.5) is 0 Å². The molecule has 2 unspecified atom stereocenters. The molecule has 2 atom stereocenters. The fourth-order valence-electron chi connectivity index (χ4n) is 2.28. The Kier molecular flexibility index (Phi) is 2.63. The first kappa shape index (κ1) is 10.8. The molecule has 1 amide bonds. The van der Waals surface area contributed by atoms with Crippen molar-refractivity contribution in [2.45, 2.75) is 12.8 Å². The largest absolute Gasteiger partial charge is 0.444 e. The molecular formula is C12H11BrN2O2. The van der Waals surface area contributed by atoms with Gasteiger partial charge in [-0.3, -0.25) is 4.79 Å². The Morgan fingerprint density at radius 3 is 3.12 bits per heavy atom. The van der Waals surface area contributed by atoms with E-state index >= 15 is 0 Å². The maximum Gasteiger partial charge on any atom is 0.307 e. The molecule has 3 rings (SSSR count). The zero-order chi connectivity index (χ0) is 11.8. The molecular weight excluding hydrogens is 284 g/mol. The summed E-state index contributed by atoms with van der Waals surface area (Å²) in [6.45, 7) is 0. The number of nitrogens with one attached hydrogen (secondary N) is 1. The highest BCUT2D eigenvalue weighted by atomic mass is 79.9. The van der Waals surface area contributed by atoms with Gasteiger partial charge in [0.15, 0.2) is 10.4 Å². The highest BCUT2D eigenvalue weighted by Gasteiger charge is 2.38. The molecule has 0 spiro atoms. The average molecular weight is 295 g/mol. The van der Waals surface area contributed by atoms with Crippen molar-refractivity contribution in [3.05, 3.63) is 34.7 Å². The van der Waals surface area contributed by atoms with Gasteiger partial charge in [-0.15, -0.1) is 0 Å². The first-order valence-electron chi connectivity index (χ1n) is 5.53. The molecule has 0 aliphatic heterocycles. The fourth-order valence-corrected chi connectivity index (χ4v) is 2.58. The molecule has 0 bridgehead atoms. The number of fused-ring (bicyclic) bond motifs is 1. The van der Waals surface area contributed by atoms with Crippen LogP contribution in [0.25, 0.3) is 0 Å². The van der Waals surface area contributed by atoms with Crippen LogP contribution in [0.15, 0.2) is 38.5 Å². The van der Waals surface area contributed by atoms with Crippen molar-refractivity contribution in [3.63, 3.8) is 0 Å². The van der Waals surface area contributed by atoms with Crippen LogP contribution in [-0.4, -0.2) is 11.6 Å². The molecule has 0 saturated heterocycles. The zero-order valence-corrected chi connectivity index (χ0v) is 10.6. The zero-order valence-electron chi connectivity index (χ0n) is 9.02. The summed E-state index contributed by atoms with van der Waals surface area (Å²) < 4.78 is 5.68. The number of carbonyl (C=O) groups is 1. The lowest BCUT2D eigenvalue weighted by Crippen LogP contribution is -2.35. The van der Waals surface area contributed by atoms with Gasteiger partial charge in [0.1, 0.15) is 0 Å². The SMILES string of the molecule is O=C(N/N=C1\CC2C=CCC12)c1ccc(Br)o1. The van der Waals surface area contributed by atoms with E-state index < -0.39 is 0 Å². The van der Waals surface area contributed by atoms with Crippen molar-refractivity contribution in [3.8, 4) is 0 Å². The minimum atomic E-state index is -0.308. The molecule has 0 radical (unpaired) electrons. The van der Waals surface area contributed by atoms with E-state index in [4.69, 9.17) is 4.42 Å². The van der Waals surface area contributed by atoms with Crippen LogP contribution >= 0.6 is 15.9 Å². The first-order chi connectivity index (χ1) is 8.24. The van der Waals surface area contributed by atoms with Crippen LogP contribution in [0, 0.1) is 11.8 Å². The third-order valence-corrected chi connectivity index (χ3v) is 3.69. The number of hydrogen-bond donors (Lipinski definition) is 1. The number of hydrazone groups is 1. The summed E-state index contributed by atoms with van der Waals surface area (Å²) in [4.78, 5) is 11.6. The van der Waals surface area contributed by atoms with Crippen LogP contribution in [0.1, 0.15) is 23.4 Å². The summed E-state index contributed by atoms with van der Waals surface area (Å²) in [6.07, 6.45) is 6.42. The number of allylic oxidation sites excluding steroid dienone is 2. The second kappa shape index (κ2) is 4.14. The molecule has 1 saturated carbocycles. The summed E-state index contributed by atoms with van der Waals surface area (Å²) in [5.74, 6) is 1.11. The Hall–Kier alpha value is -1.36. The summed E-state index contributed by atoms with van der Waals surface area (Å²) >= 11 is 3.15. The first-order valence-corrected chi connectivity index (χ1v) is 6.32. The smallest absolute Gasteiger partial charge is 0.307 e. The predicted molar refractivity (Wildman–Crippen MR) is 66.7 cm³/mol. The van der Waals surface area contributed by atoms with Gasteiger partial charge in [-0.05, 0) is 46.8 Å². The third-order valence-electron chi connectivity index (χ3n) is 3.26. The Morgan fingerprint density at radius 1 is 1.53 bits per heavy atom. The van der Waals surface area contributed by atoms with Crippen molar-refractivity contribution < 1.29 is 9.21 Å². The maximum atomic E-state index is 11.6. The number of furan rings is 1. The predicted octanol–water partition coefficient (Wildman–Crippen LogP) is 2.72. The van der Waals surface area contributed by atoms with Gasteiger partial charge in [0.2, 0.25) is 0 Å². The number of nitrogens with zero attached hydrogens (tertiary/aromatic N) is 1. The van der Waals surface area contributed by atoms with Gasteiger partial charge in [-0.1, -0.05) is 12.2 Å². The molecule has 1 fully saturated rings. The molecule has 0 aromatic carbocycles. The molecule has 17 heavy (non-hydrogen) atoms. The summed E-state index contributed by atoms with van der Waals surface area (Å²) in [5, 5.41) is 4.16. The number of amides is 1. The molecule has 88 valence electrons. The standard InChI is InChI=1S/C12H11BrN2O2/c13-11-5-4-10(17-11)12(16)15-14-9-6-7-2-1-3-8(7)9/h1-2,4-5,7-8H,3,6H2,(H,15,16)/b14-9+. The molecule has 4 nitrogen and oxygen atoms in total. The van der Waals surface area contributed by atoms with Crippen molar-refractivity contribution in [2.24, 2.45) is 16.9 Å².